The van der Waals surface area contributed by atoms with E-state index in [9.17, 15) is 0 Å². The van der Waals surface area contributed by atoms with Crippen molar-refractivity contribution in [3.8, 4) is 0 Å². The van der Waals surface area contributed by atoms with E-state index in [2.05, 4.69) is 73.9 Å². The van der Waals surface area contributed by atoms with E-state index in [0.29, 0.717) is 17.6 Å². The van der Waals surface area contributed by atoms with Crippen LogP contribution in [-0.4, -0.2) is 35.6 Å². The highest BCUT2D eigenvalue weighted by atomic mass is 79.9. The minimum atomic E-state index is 0.297. The van der Waals surface area contributed by atoms with Crippen molar-refractivity contribution in [1.82, 2.24) is 9.97 Å². The van der Waals surface area contributed by atoms with Crippen LogP contribution in [0.5, 0.6) is 0 Å². The Balaban J connectivity index is 1.86. The fourth-order valence-electron chi connectivity index (χ4n) is 3.79. The third kappa shape index (κ3) is 7.25. The molecule has 0 radical (unpaired) electrons. The molecule has 0 saturated heterocycles. The molecule has 176 valence electrons. The Kier molecular flexibility index (Phi) is 9.73. The van der Waals surface area contributed by atoms with Gasteiger partial charge in [0.1, 0.15) is 5.82 Å². The molecule has 1 aromatic heterocycles. The number of aromatic nitrogens is 2. The first-order chi connectivity index (χ1) is 15.8. The highest BCUT2D eigenvalue weighted by molar-refractivity contribution is 9.11. The first kappa shape index (κ1) is 26.1. The average Bonchev–Trinajstić information content (AvgIpc) is 2.76. The Hall–Kier alpha value is -1.48. The molecule has 0 aliphatic carbocycles. The number of rotatable bonds is 10. The number of fused-ring (bicyclic) bond motifs is 1. The van der Waals surface area contributed by atoms with Crippen molar-refractivity contribution in [3.63, 3.8) is 0 Å². The first-order valence-electron chi connectivity index (χ1n) is 11.3. The van der Waals surface area contributed by atoms with E-state index in [0.717, 1.165) is 42.1 Å². The molecule has 1 heterocycles. The number of benzene rings is 2. The lowest BCUT2D eigenvalue weighted by Gasteiger charge is -2.19. The summed E-state index contributed by atoms with van der Waals surface area (Å²) in [5.41, 5.74) is 8.68. The number of quaternary nitrogens is 1. The van der Waals surface area contributed by atoms with E-state index in [1.807, 2.05) is 42.5 Å². The number of hydrogen-bond acceptors (Lipinski definition) is 4. The third-order valence-corrected chi connectivity index (χ3v) is 7.50. The maximum Gasteiger partial charge on any atom is 0.154 e. The number of nitrogens with one attached hydrogen (secondary N) is 2. The second-order valence-electron chi connectivity index (χ2n) is 8.22. The molecule has 8 heteroatoms. The zero-order valence-electron chi connectivity index (χ0n) is 19.3. The lowest BCUT2D eigenvalue weighted by Crippen LogP contribution is -3.11. The van der Waals surface area contributed by atoms with Crippen LogP contribution in [0.1, 0.15) is 45.0 Å². The SMILES string of the molecule is CC[NH+](CC)CCCC(C)Nc1nc(C=Cc2c(Br)cc(Br)cc2Br)nc2ccc(N)cc12. The molecule has 0 aliphatic rings. The Morgan fingerprint density at radius 1 is 1.03 bits per heavy atom. The molecule has 3 aromatic rings. The molecular formula is C25H31Br3N5+. The Morgan fingerprint density at radius 2 is 1.73 bits per heavy atom. The van der Waals surface area contributed by atoms with Gasteiger partial charge in [0.05, 0.1) is 25.2 Å². The molecule has 0 aliphatic heterocycles. The zero-order chi connectivity index (χ0) is 24.0. The number of nitrogens with zero attached hydrogens (tertiary/aromatic N) is 2. The van der Waals surface area contributed by atoms with Gasteiger partial charge in [-0.3, -0.25) is 0 Å². The van der Waals surface area contributed by atoms with Gasteiger partial charge in [-0.15, -0.1) is 0 Å². The van der Waals surface area contributed by atoms with Crippen LogP contribution >= 0.6 is 47.8 Å². The van der Waals surface area contributed by atoms with Crippen LogP contribution in [0.15, 0.2) is 43.7 Å². The van der Waals surface area contributed by atoms with E-state index in [1.165, 1.54) is 26.1 Å². The summed E-state index contributed by atoms with van der Waals surface area (Å²) in [5, 5.41) is 4.56. The van der Waals surface area contributed by atoms with E-state index >= 15 is 0 Å². The number of nitrogens with two attached hydrogens (primary N) is 1. The lowest BCUT2D eigenvalue weighted by molar-refractivity contribution is -0.896. The molecule has 1 unspecified atom stereocenters. The normalized spacial score (nSPS) is 12.7. The first-order valence-corrected chi connectivity index (χ1v) is 13.7. The van der Waals surface area contributed by atoms with Gasteiger partial charge >= 0.3 is 0 Å². The molecule has 0 saturated carbocycles. The maximum absolute atomic E-state index is 6.07. The topological polar surface area (TPSA) is 68.3 Å². The number of anilines is 2. The van der Waals surface area contributed by atoms with Gasteiger partial charge < -0.3 is 16.0 Å². The number of nitrogen functional groups attached to an aromatic ring is 1. The van der Waals surface area contributed by atoms with Crippen molar-refractivity contribution in [2.45, 2.75) is 39.7 Å². The summed E-state index contributed by atoms with van der Waals surface area (Å²) in [6, 6.07) is 10.1. The van der Waals surface area contributed by atoms with Crippen molar-refractivity contribution >= 4 is 82.4 Å². The van der Waals surface area contributed by atoms with Crippen molar-refractivity contribution in [1.29, 1.82) is 0 Å². The predicted molar refractivity (Wildman–Crippen MR) is 152 cm³/mol. The Bertz CT molecular complexity index is 1110. The van der Waals surface area contributed by atoms with Gasteiger partial charge in [0.25, 0.3) is 0 Å². The summed E-state index contributed by atoms with van der Waals surface area (Å²) < 4.78 is 2.97. The predicted octanol–water partition coefficient (Wildman–Crippen LogP) is 6.18. The van der Waals surface area contributed by atoms with Crippen LogP contribution in [0.2, 0.25) is 0 Å². The fraction of sp³-hybridized carbons (Fsp3) is 0.360. The standard InChI is InChI=1S/C25H30Br3N5/c1-4-33(5-2)12-6-7-16(3)30-25-20-15-18(29)8-10-23(20)31-24(32-25)11-9-19-21(27)13-17(26)14-22(19)28/h8-11,13-16H,4-7,12,29H2,1-3H3,(H,30,31,32)/p+1. The summed E-state index contributed by atoms with van der Waals surface area (Å²) in [6.07, 6.45) is 6.21. The van der Waals surface area contributed by atoms with Crippen molar-refractivity contribution < 1.29 is 4.90 Å². The second-order valence-corrected chi connectivity index (χ2v) is 10.8. The third-order valence-electron chi connectivity index (χ3n) is 5.73. The summed E-state index contributed by atoms with van der Waals surface area (Å²) >= 11 is 10.8. The lowest BCUT2D eigenvalue weighted by atomic mass is 10.1. The Labute approximate surface area is 221 Å². The van der Waals surface area contributed by atoms with E-state index < -0.39 is 0 Å². The fourth-order valence-corrected chi connectivity index (χ4v) is 6.31. The highest BCUT2D eigenvalue weighted by Crippen LogP contribution is 2.31. The summed E-state index contributed by atoms with van der Waals surface area (Å²) in [6.45, 7) is 10.3. The second kappa shape index (κ2) is 12.3. The molecule has 3 rings (SSSR count). The molecule has 33 heavy (non-hydrogen) atoms. The molecule has 0 amide bonds. The zero-order valence-corrected chi connectivity index (χ0v) is 24.0. The van der Waals surface area contributed by atoms with Crippen LogP contribution < -0.4 is 16.0 Å². The van der Waals surface area contributed by atoms with Gasteiger partial charge in [0, 0.05) is 36.1 Å². The quantitative estimate of drug-likeness (QED) is 0.232. The van der Waals surface area contributed by atoms with Crippen LogP contribution in [0.3, 0.4) is 0 Å². The van der Waals surface area contributed by atoms with Crippen LogP contribution in [0.4, 0.5) is 11.5 Å². The molecule has 0 spiro atoms. The average molecular weight is 641 g/mol. The largest absolute Gasteiger partial charge is 0.399 e. The molecule has 4 N–H and O–H groups in total. The van der Waals surface area contributed by atoms with Crippen molar-refractivity contribution in [3.05, 3.63) is 55.1 Å². The molecule has 5 nitrogen and oxygen atoms in total. The minimum Gasteiger partial charge on any atom is -0.399 e. The Morgan fingerprint density at radius 3 is 2.39 bits per heavy atom. The van der Waals surface area contributed by atoms with E-state index in [4.69, 9.17) is 15.7 Å². The smallest absolute Gasteiger partial charge is 0.154 e. The van der Waals surface area contributed by atoms with Gasteiger partial charge in [-0.25, -0.2) is 9.97 Å². The van der Waals surface area contributed by atoms with Gasteiger partial charge in [-0.2, -0.15) is 0 Å². The molecule has 0 fully saturated rings. The van der Waals surface area contributed by atoms with Crippen LogP contribution in [0, 0.1) is 0 Å². The monoisotopic (exact) mass is 638 g/mol. The summed E-state index contributed by atoms with van der Waals surface area (Å²) in [4.78, 5) is 11.2. The minimum absolute atomic E-state index is 0.297. The van der Waals surface area contributed by atoms with Crippen LogP contribution in [-0.2, 0) is 0 Å². The van der Waals surface area contributed by atoms with Gasteiger partial charge in [-0.05, 0) is 76.1 Å². The molecule has 1 atom stereocenters. The molecule has 2 aromatic carbocycles. The van der Waals surface area contributed by atoms with Crippen LogP contribution in [0.25, 0.3) is 23.1 Å². The number of halogens is 3. The molecule has 0 bridgehead atoms. The maximum atomic E-state index is 6.07. The molecular weight excluding hydrogens is 610 g/mol. The summed E-state index contributed by atoms with van der Waals surface area (Å²) in [7, 11) is 0. The van der Waals surface area contributed by atoms with E-state index in [1.54, 1.807) is 4.90 Å². The number of hydrogen-bond donors (Lipinski definition) is 3. The van der Waals surface area contributed by atoms with E-state index in [-0.39, 0.29) is 0 Å². The van der Waals surface area contributed by atoms with Gasteiger partial charge in [-0.1, -0.05) is 47.8 Å². The highest BCUT2D eigenvalue weighted by Gasteiger charge is 2.12. The van der Waals surface area contributed by atoms with Gasteiger partial charge in [0.15, 0.2) is 5.82 Å². The van der Waals surface area contributed by atoms with Crippen molar-refractivity contribution in [2.75, 3.05) is 30.7 Å². The van der Waals surface area contributed by atoms with Gasteiger partial charge in [0.2, 0.25) is 0 Å². The summed E-state index contributed by atoms with van der Waals surface area (Å²) in [5.74, 6) is 1.47. The van der Waals surface area contributed by atoms with Crippen molar-refractivity contribution in [2.24, 2.45) is 0 Å².